The van der Waals surface area contributed by atoms with E-state index in [1.807, 2.05) is 0 Å². The third kappa shape index (κ3) is 1.82. The summed E-state index contributed by atoms with van der Waals surface area (Å²) in [5, 5.41) is 1.08. The Morgan fingerprint density at radius 3 is 2.93 bits per heavy atom. The van der Waals surface area contributed by atoms with Gasteiger partial charge in [0.05, 0.1) is 5.69 Å². The molecule has 14 heavy (non-hydrogen) atoms. The highest BCUT2D eigenvalue weighted by Crippen LogP contribution is 2.30. The Kier molecular flexibility index (Phi) is 2.85. The fraction of sp³-hybridized carbons (Fsp3) is 0.700. The maximum absolute atomic E-state index is 5.60. The molecule has 2 heterocycles. The molecule has 0 aromatic carbocycles. The van der Waals surface area contributed by atoms with E-state index >= 15 is 0 Å². The Hall–Kier alpha value is -0.450. The summed E-state index contributed by atoms with van der Waals surface area (Å²) in [5.41, 5.74) is 6.89. The summed E-state index contributed by atoms with van der Waals surface area (Å²) in [6, 6.07) is 0. The van der Waals surface area contributed by atoms with Crippen LogP contribution in [-0.2, 0) is 6.54 Å². The molecule has 0 bridgehead atoms. The van der Waals surface area contributed by atoms with Gasteiger partial charge in [-0.25, -0.2) is 4.98 Å². The van der Waals surface area contributed by atoms with Gasteiger partial charge in [-0.1, -0.05) is 0 Å². The van der Waals surface area contributed by atoms with E-state index in [-0.39, 0.29) is 0 Å². The van der Waals surface area contributed by atoms with E-state index < -0.39 is 0 Å². The van der Waals surface area contributed by atoms with Gasteiger partial charge in [-0.3, -0.25) is 0 Å². The van der Waals surface area contributed by atoms with Gasteiger partial charge in [0.1, 0.15) is 5.01 Å². The Morgan fingerprint density at radius 1 is 1.64 bits per heavy atom. The van der Waals surface area contributed by atoms with Crippen LogP contribution < -0.4 is 5.73 Å². The van der Waals surface area contributed by atoms with Crippen LogP contribution in [0, 0.1) is 6.92 Å². The molecule has 1 atom stereocenters. The largest absolute Gasteiger partial charge is 0.325 e. The predicted octanol–water partition coefficient (Wildman–Crippen LogP) is 1.33. The fourth-order valence-electron chi connectivity index (χ4n) is 2.09. The minimum Gasteiger partial charge on any atom is -0.325 e. The van der Waals surface area contributed by atoms with Gasteiger partial charge < -0.3 is 10.6 Å². The van der Waals surface area contributed by atoms with Crippen molar-refractivity contribution in [3.8, 4) is 0 Å². The lowest BCUT2D eigenvalue weighted by atomic mass is 10.0. The first-order valence-electron chi connectivity index (χ1n) is 5.05. The van der Waals surface area contributed by atoms with Gasteiger partial charge in [0.25, 0.3) is 0 Å². The van der Waals surface area contributed by atoms with Gasteiger partial charge in [0, 0.05) is 23.9 Å². The van der Waals surface area contributed by atoms with Crippen LogP contribution >= 0.6 is 11.3 Å². The molecule has 0 saturated carbocycles. The number of hydrogen-bond acceptors (Lipinski definition) is 4. The molecule has 2 N–H and O–H groups in total. The van der Waals surface area contributed by atoms with E-state index in [9.17, 15) is 0 Å². The van der Waals surface area contributed by atoms with E-state index in [2.05, 4.69) is 23.9 Å². The zero-order chi connectivity index (χ0) is 10.1. The van der Waals surface area contributed by atoms with Crippen LogP contribution in [0.4, 0.5) is 0 Å². The van der Waals surface area contributed by atoms with E-state index in [0.717, 1.165) is 11.6 Å². The van der Waals surface area contributed by atoms with Crippen LogP contribution in [-0.4, -0.2) is 30.0 Å². The quantitative estimate of drug-likeness (QED) is 0.802. The van der Waals surface area contributed by atoms with Crippen LogP contribution in [0.15, 0.2) is 0 Å². The summed E-state index contributed by atoms with van der Waals surface area (Å²) < 4.78 is 0. The second-order valence-electron chi connectivity index (χ2n) is 4.00. The van der Waals surface area contributed by atoms with Crippen molar-refractivity contribution >= 4 is 11.3 Å². The fourth-order valence-corrected chi connectivity index (χ4v) is 2.99. The minimum atomic E-state index is 0.577. The molecular formula is C10H17N3S. The van der Waals surface area contributed by atoms with Crippen molar-refractivity contribution < 1.29 is 0 Å². The molecule has 1 saturated heterocycles. The van der Waals surface area contributed by atoms with Crippen molar-refractivity contribution in [1.82, 2.24) is 9.88 Å². The number of likely N-dealkylation sites (tertiary alicyclic amines) is 1. The van der Waals surface area contributed by atoms with Gasteiger partial charge in [-0.2, -0.15) is 0 Å². The van der Waals surface area contributed by atoms with Crippen LogP contribution in [0.2, 0.25) is 0 Å². The van der Waals surface area contributed by atoms with Gasteiger partial charge in [0.15, 0.2) is 0 Å². The number of nitrogens with two attached hydrogens (primary N) is 1. The Balaban J connectivity index is 2.19. The third-order valence-electron chi connectivity index (χ3n) is 2.83. The lowest BCUT2D eigenvalue weighted by Crippen LogP contribution is -2.13. The summed E-state index contributed by atoms with van der Waals surface area (Å²) >= 11 is 1.75. The smallest absolute Gasteiger partial charge is 0.107 e. The predicted molar refractivity (Wildman–Crippen MR) is 59.6 cm³/mol. The van der Waals surface area contributed by atoms with Crippen LogP contribution in [0.3, 0.4) is 0 Å². The molecule has 1 aliphatic rings. The molecule has 0 amide bonds. The molecule has 0 aliphatic carbocycles. The highest BCUT2D eigenvalue weighted by atomic mass is 32.1. The van der Waals surface area contributed by atoms with E-state index in [4.69, 9.17) is 5.73 Å². The highest BCUT2D eigenvalue weighted by Gasteiger charge is 2.24. The molecular weight excluding hydrogens is 194 g/mol. The molecule has 0 radical (unpaired) electrons. The lowest BCUT2D eigenvalue weighted by molar-refractivity contribution is 0.410. The zero-order valence-corrected chi connectivity index (χ0v) is 9.60. The van der Waals surface area contributed by atoms with E-state index in [0.29, 0.717) is 12.5 Å². The molecule has 0 spiro atoms. The second kappa shape index (κ2) is 3.96. The Labute approximate surface area is 88.9 Å². The summed E-state index contributed by atoms with van der Waals surface area (Å²) in [6.07, 6.45) is 1.24. The van der Waals surface area contributed by atoms with Crippen LogP contribution in [0.25, 0.3) is 0 Å². The number of rotatable bonds is 2. The maximum Gasteiger partial charge on any atom is 0.107 e. The van der Waals surface area contributed by atoms with Crippen molar-refractivity contribution in [3.63, 3.8) is 0 Å². The SMILES string of the molecule is Cc1sc(CN)nc1C1CCN(C)C1. The summed E-state index contributed by atoms with van der Waals surface area (Å²) in [7, 11) is 2.17. The highest BCUT2D eigenvalue weighted by molar-refractivity contribution is 7.11. The van der Waals surface area contributed by atoms with Gasteiger partial charge in [0.2, 0.25) is 0 Å². The molecule has 78 valence electrons. The lowest BCUT2D eigenvalue weighted by Gasteiger charge is -2.08. The molecule has 1 aromatic heterocycles. The van der Waals surface area contributed by atoms with E-state index in [1.165, 1.54) is 23.5 Å². The second-order valence-corrected chi connectivity index (χ2v) is 5.29. The number of hydrogen-bond donors (Lipinski definition) is 1. The van der Waals surface area contributed by atoms with Crippen molar-refractivity contribution in [2.45, 2.75) is 25.8 Å². The van der Waals surface area contributed by atoms with E-state index in [1.54, 1.807) is 11.3 Å². The van der Waals surface area contributed by atoms with Crippen molar-refractivity contribution in [3.05, 3.63) is 15.6 Å². The maximum atomic E-state index is 5.60. The standard InChI is InChI=1S/C10H17N3S/c1-7-10(12-9(5-11)14-7)8-3-4-13(2)6-8/h8H,3-6,11H2,1-2H3. The third-order valence-corrected chi connectivity index (χ3v) is 3.84. The molecule has 1 fully saturated rings. The number of thiazole rings is 1. The Bertz CT molecular complexity index is 321. The number of likely N-dealkylation sites (N-methyl/N-ethyl adjacent to an activating group) is 1. The molecule has 2 rings (SSSR count). The molecule has 1 unspecified atom stereocenters. The average Bonchev–Trinajstić information content (AvgIpc) is 2.71. The van der Waals surface area contributed by atoms with Crippen molar-refractivity contribution in [1.29, 1.82) is 0 Å². The van der Waals surface area contributed by atoms with Crippen molar-refractivity contribution in [2.24, 2.45) is 5.73 Å². The first kappa shape index (κ1) is 10.1. The van der Waals surface area contributed by atoms with Crippen molar-refractivity contribution in [2.75, 3.05) is 20.1 Å². The zero-order valence-electron chi connectivity index (χ0n) is 8.79. The van der Waals surface area contributed by atoms with Crippen LogP contribution in [0.1, 0.15) is 27.9 Å². The first-order chi connectivity index (χ1) is 6.70. The minimum absolute atomic E-state index is 0.577. The summed E-state index contributed by atoms with van der Waals surface area (Å²) in [6.45, 7) is 5.08. The molecule has 1 aliphatic heterocycles. The van der Waals surface area contributed by atoms with Crippen LogP contribution in [0.5, 0.6) is 0 Å². The topological polar surface area (TPSA) is 42.1 Å². The van der Waals surface area contributed by atoms with Gasteiger partial charge >= 0.3 is 0 Å². The monoisotopic (exact) mass is 211 g/mol. The normalized spacial score (nSPS) is 23.2. The Morgan fingerprint density at radius 2 is 2.43 bits per heavy atom. The number of aromatic nitrogens is 1. The molecule has 3 nitrogen and oxygen atoms in total. The summed E-state index contributed by atoms with van der Waals surface area (Å²) in [4.78, 5) is 8.33. The first-order valence-corrected chi connectivity index (χ1v) is 5.87. The van der Waals surface area contributed by atoms with Gasteiger partial charge in [-0.05, 0) is 26.9 Å². The molecule has 4 heteroatoms. The summed E-state index contributed by atoms with van der Waals surface area (Å²) in [5.74, 6) is 0.636. The van der Waals surface area contributed by atoms with Gasteiger partial charge in [-0.15, -0.1) is 11.3 Å². The number of aryl methyl sites for hydroxylation is 1. The molecule has 1 aromatic rings. The number of nitrogens with zero attached hydrogens (tertiary/aromatic N) is 2. The average molecular weight is 211 g/mol.